The maximum absolute atomic E-state index is 13.0. The first-order valence-electron chi connectivity index (χ1n) is 7.84. The van der Waals surface area contributed by atoms with Gasteiger partial charge in [0.15, 0.2) is 0 Å². The summed E-state index contributed by atoms with van der Waals surface area (Å²) in [5.41, 5.74) is 1.14. The molecule has 0 atom stereocenters. The molecule has 1 aromatic carbocycles. The summed E-state index contributed by atoms with van der Waals surface area (Å²) in [5.74, 6) is 1.10. The minimum atomic E-state index is -0.301. The van der Waals surface area contributed by atoms with E-state index in [2.05, 4.69) is 20.6 Å². The van der Waals surface area contributed by atoms with Crippen LogP contribution in [0.2, 0.25) is 0 Å². The van der Waals surface area contributed by atoms with Gasteiger partial charge in [0.2, 0.25) is 5.95 Å². The third kappa shape index (κ3) is 4.20. The maximum Gasteiger partial charge on any atom is 0.254 e. The van der Waals surface area contributed by atoms with Crippen LogP contribution >= 0.6 is 0 Å². The first kappa shape index (κ1) is 16.6. The van der Waals surface area contributed by atoms with Crippen LogP contribution in [-0.4, -0.2) is 22.4 Å². The van der Waals surface area contributed by atoms with Crippen LogP contribution in [-0.2, 0) is 6.54 Å². The van der Waals surface area contributed by atoms with E-state index in [4.69, 9.17) is 4.42 Å². The van der Waals surface area contributed by atoms with Crippen LogP contribution in [0.4, 0.5) is 10.3 Å². The van der Waals surface area contributed by atoms with E-state index in [1.807, 2.05) is 6.92 Å². The van der Waals surface area contributed by atoms with Crippen LogP contribution in [0.15, 0.2) is 53.2 Å². The SMILES string of the molecule is CCNc1ncc(C(=O)NCc2ccc(-c3ccc(F)cc3)o2)cn1. The highest BCUT2D eigenvalue weighted by Crippen LogP contribution is 2.22. The van der Waals surface area contributed by atoms with Gasteiger partial charge in [0, 0.05) is 24.5 Å². The molecule has 0 unspecified atom stereocenters. The molecule has 0 aliphatic rings. The van der Waals surface area contributed by atoms with Gasteiger partial charge in [-0.3, -0.25) is 4.79 Å². The van der Waals surface area contributed by atoms with Crippen molar-refractivity contribution in [2.45, 2.75) is 13.5 Å². The highest BCUT2D eigenvalue weighted by atomic mass is 19.1. The summed E-state index contributed by atoms with van der Waals surface area (Å²) >= 11 is 0. The number of nitrogens with one attached hydrogen (secondary N) is 2. The second-order valence-electron chi connectivity index (χ2n) is 5.28. The Morgan fingerprint density at radius 3 is 2.52 bits per heavy atom. The molecule has 0 fully saturated rings. The van der Waals surface area contributed by atoms with Crippen LogP contribution < -0.4 is 10.6 Å². The first-order chi connectivity index (χ1) is 12.2. The van der Waals surface area contributed by atoms with Crippen molar-refractivity contribution in [3.05, 3.63) is 65.9 Å². The van der Waals surface area contributed by atoms with Crippen molar-refractivity contribution >= 4 is 11.9 Å². The number of halogens is 1. The highest BCUT2D eigenvalue weighted by Gasteiger charge is 2.09. The molecule has 128 valence electrons. The third-order valence-corrected chi connectivity index (χ3v) is 3.46. The lowest BCUT2D eigenvalue weighted by Crippen LogP contribution is -2.23. The monoisotopic (exact) mass is 340 g/mol. The maximum atomic E-state index is 13.0. The van der Waals surface area contributed by atoms with Crippen LogP contribution in [0, 0.1) is 5.82 Å². The zero-order valence-electron chi connectivity index (χ0n) is 13.6. The van der Waals surface area contributed by atoms with Crippen molar-refractivity contribution in [1.29, 1.82) is 0 Å². The molecule has 2 N–H and O–H groups in total. The van der Waals surface area contributed by atoms with Gasteiger partial charge < -0.3 is 15.1 Å². The van der Waals surface area contributed by atoms with E-state index in [1.54, 1.807) is 24.3 Å². The third-order valence-electron chi connectivity index (χ3n) is 3.46. The van der Waals surface area contributed by atoms with Crippen molar-refractivity contribution in [3.63, 3.8) is 0 Å². The predicted molar refractivity (Wildman–Crippen MR) is 91.5 cm³/mol. The van der Waals surface area contributed by atoms with Crippen molar-refractivity contribution in [3.8, 4) is 11.3 Å². The molecule has 0 saturated heterocycles. The minimum Gasteiger partial charge on any atom is -0.459 e. The molecular formula is C18H17FN4O2. The fraction of sp³-hybridized carbons (Fsp3) is 0.167. The standard InChI is InChI=1S/C18H17FN4O2/c1-2-20-18-22-9-13(10-23-18)17(24)21-11-15-7-8-16(25-15)12-3-5-14(19)6-4-12/h3-10H,2,11H2,1H3,(H,21,24)(H,20,22,23). The number of hydrogen-bond acceptors (Lipinski definition) is 5. The summed E-state index contributed by atoms with van der Waals surface area (Å²) in [5, 5.41) is 5.71. The molecule has 0 aliphatic carbocycles. The Hall–Kier alpha value is -3.22. The van der Waals surface area contributed by atoms with E-state index in [0.717, 1.165) is 5.56 Å². The highest BCUT2D eigenvalue weighted by molar-refractivity contribution is 5.93. The van der Waals surface area contributed by atoms with Crippen molar-refractivity contribution in [2.24, 2.45) is 0 Å². The van der Waals surface area contributed by atoms with Crippen LogP contribution in [0.1, 0.15) is 23.0 Å². The van der Waals surface area contributed by atoms with Gasteiger partial charge in [0.1, 0.15) is 17.3 Å². The average Bonchev–Trinajstić information content (AvgIpc) is 3.10. The smallest absolute Gasteiger partial charge is 0.254 e. The Morgan fingerprint density at radius 2 is 1.84 bits per heavy atom. The van der Waals surface area contributed by atoms with Gasteiger partial charge in [-0.2, -0.15) is 0 Å². The number of aromatic nitrogens is 2. The molecule has 3 rings (SSSR count). The Balaban J connectivity index is 1.60. The van der Waals surface area contributed by atoms with Crippen LogP contribution in [0.3, 0.4) is 0 Å². The Bertz CT molecular complexity index is 844. The van der Waals surface area contributed by atoms with E-state index in [9.17, 15) is 9.18 Å². The fourth-order valence-electron chi connectivity index (χ4n) is 2.21. The summed E-state index contributed by atoms with van der Waals surface area (Å²) in [6.45, 7) is 2.88. The molecule has 2 heterocycles. The summed E-state index contributed by atoms with van der Waals surface area (Å²) in [6.07, 6.45) is 2.93. The lowest BCUT2D eigenvalue weighted by molar-refractivity contribution is 0.0947. The van der Waals surface area contributed by atoms with E-state index in [0.29, 0.717) is 29.6 Å². The fourth-order valence-corrected chi connectivity index (χ4v) is 2.21. The summed E-state index contributed by atoms with van der Waals surface area (Å²) in [6, 6.07) is 9.57. The molecule has 6 nitrogen and oxygen atoms in total. The lowest BCUT2D eigenvalue weighted by Gasteiger charge is -2.04. The van der Waals surface area contributed by atoms with Crippen molar-refractivity contribution in [2.75, 3.05) is 11.9 Å². The Morgan fingerprint density at radius 1 is 1.12 bits per heavy atom. The Labute approximate surface area is 144 Å². The molecule has 0 saturated carbocycles. The van der Waals surface area contributed by atoms with Gasteiger partial charge in [0.05, 0.1) is 12.1 Å². The van der Waals surface area contributed by atoms with E-state index < -0.39 is 0 Å². The summed E-state index contributed by atoms with van der Waals surface area (Å²) in [4.78, 5) is 20.2. The first-order valence-corrected chi connectivity index (χ1v) is 7.84. The number of furan rings is 1. The van der Waals surface area contributed by atoms with Crippen molar-refractivity contribution in [1.82, 2.24) is 15.3 Å². The number of carbonyl (C=O) groups excluding carboxylic acids is 1. The molecule has 1 amide bonds. The largest absolute Gasteiger partial charge is 0.459 e. The molecule has 0 bridgehead atoms. The molecule has 0 spiro atoms. The average molecular weight is 340 g/mol. The second-order valence-corrected chi connectivity index (χ2v) is 5.28. The quantitative estimate of drug-likeness (QED) is 0.720. The van der Waals surface area contributed by atoms with Gasteiger partial charge in [-0.05, 0) is 43.3 Å². The second kappa shape index (κ2) is 7.57. The minimum absolute atomic E-state index is 0.231. The molecule has 7 heteroatoms. The van der Waals surface area contributed by atoms with Gasteiger partial charge in [-0.1, -0.05) is 0 Å². The summed E-state index contributed by atoms with van der Waals surface area (Å²) in [7, 11) is 0. The molecule has 0 radical (unpaired) electrons. The van der Waals surface area contributed by atoms with E-state index >= 15 is 0 Å². The zero-order chi connectivity index (χ0) is 17.6. The van der Waals surface area contributed by atoms with Crippen LogP contribution in [0.25, 0.3) is 11.3 Å². The number of benzene rings is 1. The van der Waals surface area contributed by atoms with Gasteiger partial charge in [-0.25, -0.2) is 14.4 Å². The van der Waals surface area contributed by atoms with Gasteiger partial charge in [-0.15, -0.1) is 0 Å². The molecule has 25 heavy (non-hydrogen) atoms. The predicted octanol–water partition coefficient (Wildman–Crippen LogP) is 3.24. The number of hydrogen-bond donors (Lipinski definition) is 2. The lowest BCUT2D eigenvalue weighted by atomic mass is 10.2. The van der Waals surface area contributed by atoms with E-state index in [-0.39, 0.29) is 18.3 Å². The van der Waals surface area contributed by atoms with Gasteiger partial charge >= 0.3 is 0 Å². The topological polar surface area (TPSA) is 80.0 Å². The number of amides is 1. The number of nitrogens with zero attached hydrogens (tertiary/aromatic N) is 2. The van der Waals surface area contributed by atoms with Crippen molar-refractivity contribution < 1.29 is 13.6 Å². The molecular weight excluding hydrogens is 323 g/mol. The normalized spacial score (nSPS) is 10.5. The number of anilines is 1. The number of rotatable bonds is 6. The van der Waals surface area contributed by atoms with Gasteiger partial charge in [0.25, 0.3) is 5.91 Å². The van der Waals surface area contributed by atoms with Crippen LogP contribution in [0.5, 0.6) is 0 Å². The molecule has 0 aliphatic heterocycles. The summed E-state index contributed by atoms with van der Waals surface area (Å²) < 4.78 is 18.6. The molecule has 2 aromatic heterocycles. The Kier molecular flexibility index (Phi) is 5.03. The van der Waals surface area contributed by atoms with E-state index in [1.165, 1.54) is 24.5 Å². The molecule has 3 aromatic rings. The number of carbonyl (C=O) groups is 1. The zero-order valence-corrected chi connectivity index (χ0v) is 13.6.